The van der Waals surface area contributed by atoms with E-state index in [0.29, 0.717) is 32.4 Å². The quantitative estimate of drug-likeness (QED) is 0.152. The molecule has 1 heterocycles. The van der Waals surface area contributed by atoms with E-state index in [2.05, 4.69) is 32.2 Å². The average Bonchev–Trinajstić information content (AvgIpc) is 2.91. The first-order valence-corrected chi connectivity index (χ1v) is 12.3. The van der Waals surface area contributed by atoms with Gasteiger partial charge >= 0.3 is 5.69 Å². The van der Waals surface area contributed by atoms with Gasteiger partial charge in [0.15, 0.2) is 0 Å². The number of nitriles is 1. The minimum absolute atomic E-state index is 0.143. The van der Waals surface area contributed by atoms with Crippen LogP contribution >= 0.6 is 34.8 Å². The maximum absolute atomic E-state index is 12.4. The van der Waals surface area contributed by atoms with E-state index in [1.807, 2.05) is 0 Å². The van der Waals surface area contributed by atoms with Gasteiger partial charge in [-0.3, -0.25) is 25.8 Å². The third-order valence-corrected chi connectivity index (χ3v) is 6.44. The number of hydrogen-bond donors (Lipinski definition) is 3. The number of carbonyl (C=O) groups is 1. The van der Waals surface area contributed by atoms with E-state index < -0.39 is 22.4 Å². The molecule has 1 amide bonds. The number of halogens is 3. The van der Waals surface area contributed by atoms with Crippen molar-refractivity contribution in [3.63, 3.8) is 0 Å². The van der Waals surface area contributed by atoms with Crippen LogP contribution in [0.15, 0.2) is 67.0 Å². The van der Waals surface area contributed by atoms with Crippen LogP contribution in [0.3, 0.4) is 0 Å². The Hall–Kier alpha value is -4.43. The van der Waals surface area contributed by atoms with Gasteiger partial charge in [0.1, 0.15) is 6.33 Å². The number of hydrogen-bond acceptors (Lipinski definition) is 8. The third kappa shape index (κ3) is 6.35. The van der Waals surface area contributed by atoms with Gasteiger partial charge in [0.25, 0.3) is 5.91 Å². The van der Waals surface area contributed by atoms with Crippen LogP contribution in [0, 0.1) is 28.4 Å². The summed E-state index contributed by atoms with van der Waals surface area (Å²) in [7, 11) is 0. The van der Waals surface area contributed by atoms with Crippen molar-refractivity contribution in [1.29, 1.82) is 5.26 Å². The highest BCUT2D eigenvalue weighted by Gasteiger charge is 2.25. The van der Waals surface area contributed by atoms with Crippen molar-refractivity contribution in [2.24, 2.45) is 0 Å². The molecule has 3 aromatic carbocycles. The summed E-state index contributed by atoms with van der Waals surface area (Å²) in [6, 6.07) is 18.6. The van der Waals surface area contributed by atoms with Crippen LogP contribution in [-0.4, -0.2) is 20.8 Å². The Morgan fingerprint density at radius 2 is 1.74 bits per heavy atom. The minimum atomic E-state index is -0.687. The molecule has 4 aromatic rings. The molecule has 0 saturated carbocycles. The van der Waals surface area contributed by atoms with E-state index in [9.17, 15) is 20.2 Å². The first-order valence-electron chi connectivity index (χ1n) is 11.2. The number of nitrogens with zero attached hydrogens (tertiary/aromatic N) is 4. The van der Waals surface area contributed by atoms with Crippen molar-refractivity contribution < 1.29 is 9.72 Å². The van der Waals surface area contributed by atoms with Gasteiger partial charge in [-0.05, 0) is 60.0 Å². The van der Waals surface area contributed by atoms with E-state index in [0.717, 1.165) is 6.33 Å². The molecule has 0 aliphatic rings. The maximum Gasteiger partial charge on any atom is 0.355 e. The molecule has 0 fully saturated rings. The molecule has 0 bridgehead atoms. The summed E-state index contributed by atoms with van der Waals surface area (Å²) in [5, 5.41) is 25.9. The second-order valence-electron chi connectivity index (χ2n) is 8.19. The van der Waals surface area contributed by atoms with Gasteiger partial charge in [-0.25, -0.2) is 9.97 Å². The molecule has 0 spiro atoms. The highest BCUT2D eigenvalue weighted by molar-refractivity contribution is 6.32. The third-order valence-electron chi connectivity index (χ3n) is 5.63. The number of benzene rings is 3. The summed E-state index contributed by atoms with van der Waals surface area (Å²) in [5.41, 5.74) is 6.92. The second-order valence-corrected chi connectivity index (χ2v) is 9.47. The first kappa shape index (κ1) is 27.6. The van der Waals surface area contributed by atoms with Gasteiger partial charge in [-0.2, -0.15) is 5.26 Å². The summed E-state index contributed by atoms with van der Waals surface area (Å²) < 4.78 is 0. The molecule has 1 aromatic heterocycles. The lowest BCUT2D eigenvalue weighted by molar-refractivity contribution is -0.383. The number of aromatic nitrogens is 2. The smallest absolute Gasteiger partial charge is 0.334 e. The molecule has 13 heteroatoms. The van der Waals surface area contributed by atoms with Gasteiger partial charge in [-0.15, -0.1) is 0 Å². The number of anilines is 3. The van der Waals surface area contributed by atoms with Gasteiger partial charge in [0.05, 0.1) is 16.9 Å². The highest BCUT2D eigenvalue weighted by Crippen LogP contribution is 2.37. The lowest BCUT2D eigenvalue weighted by Gasteiger charge is -2.17. The molecule has 0 aliphatic heterocycles. The Balaban J connectivity index is 1.61. The van der Waals surface area contributed by atoms with E-state index in [-0.39, 0.29) is 22.2 Å². The van der Waals surface area contributed by atoms with E-state index in [1.54, 1.807) is 55.5 Å². The summed E-state index contributed by atoms with van der Waals surface area (Å²) in [5.74, 6) is -1.63. The lowest BCUT2D eigenvalue weighted by Crippen LogP contribution is -2.30. The fourth-order valence-corrected chi connectivity index (χ4v) is 4.31. The highest BCUT2D eigenvalue weighted by atomic mass is 35.5. The molecule has 39 heavy (non-hydrogen) atoms. The number of nitrogens with one attached hydrogen (secondary N) is 3. The van der Waals surface area contributed by atoms with Gasteiger partial charge in [-0.1, -0.05) is 59.1 Å². The monoisotopic (exact) mass is 581 g/mol. The van der Waals surface area contributed by atoms with Gasteiger partial charge < -0.3 is 5.32 Å². The number of carbonyl (C=O) groups excluding carboxylic acids is 1. The average molecular weight is 583 g/mol. The van der Waals surface area contributed by atoms with Crippen LogP contribution in [0.5, 0.6) is 0 Å². The van der Waals surface area contributed by atoms with Crippen LogP contribution in [0.25, 0.3) is 0 Å². The molecule has 10 nitrogen and oxygen atoms in total. The predicted octanol–water partition coefficient (Wildman–Crippen LogP) is 6.81. The summed E-state index contributed by atoms with van der Waals surface area (Å²) >= 11 is 18.4. The van der Waals surface area contributed by atoms with Crippen molar-refractivity contribution in [2.75, 3.05) is 10.7 Å². The van der Waals surface area contributed by atoms with E-state index >= 15 is 0 Å². The molecule has 1 unspecified atom stereocenters. The lowest BCUT2D eigenvalue weighted by atomic mass is 9.91. The summed E-state index contributed by atoms with van der Waals surface area (Å²) in [4.78, 5) is 31.6. The van der Waals surface area contributed by atoms with Crippen molar-refractivity contribution in [3.8, 4) is 6.07 Å². The van der Waals surface area contributed by atoms with E-state index in [1.165, 1.54) is 12.1 Å². The minimum Gasteiger partial charge on any atom is -0.334 e. The van der Waals surface area contributed by atoms with E-state index in [4.69, 9.17) is 34.8 Å². The molecular weight excluding hydrogens is 565 g/mol. The summed E-state index contributed by atoms with van der Waals surface area (Å²) in [6.07, 6.45) is 1.10. The number of nitro groups is 1. The number of aryl methyl sites for hydroxylation is 1. The largest absolute Gasteiger partial charge is 0.355 e. The molecule has 0 radical (unpaired) electrons. The molecular formula is C26H18Cl3N7O3. The molecule has 1 atom stereocenters. The number of amides is 1. The van der Waals surface area contributed by atoms with Crippen LogP contribution in [-0.2, 0) is 0 Å². The predicted molar refractivity (Wildman–Crippen MR) is 150 cm³/mol. The topological polar surface area (TPSA) is 146 Å². The molecule has 0 aliphatic carbocycles. The van der Waals surface area contributed by atoms with Crippen molar-refractivity contribution in [2.45, 2.75) is 12.8 Å². The molecule has 4 rings (SSSR count). The standard InChI is InChI=1S/C26H18Cl3N7O3/c1-14-9-19(20(12-30)15-5-7-17(27)8-6-15)21(29)11-22(14)33-24-23(36(38)39)25(32-13-31-24)34-35-26(37)16-3-2-4-18(28)10-16/h2-11,13,20H,1H3,(H,35,37)(H2,31,32,33,34). The van der Waals surface area contributed by atoms with Crippen molar-refractivity contribution in [3.05, 3.63) is 114 Å². The fraction of sp³-hybridized carbons (Fsp3) is 0.0769. The Labute approximate surface area is 237 Å². The normalized spacial score (nSPS) is 11.3. The van der Waals surface area contributed by atoms with Crippen molar-refractivity contribution in [1.82, 2.24) is 15.4 Å². The van der Waals surface area contributed by atoms with Crippen LogP contribution in [0.4, 0.5) is 23.0 Å². The number of hydrazine groups is 1. The maximum atomic E-state index is 12.4. The summed E-state index contributed by atoms with van der Waals surface area (Å²) in [6.45, 7) is 1.76. The molecule has 0 saturated heterocycles. The van der Waals surface area contributed by atoms with Crippen LogP contribution in [0.2, 0.25) is 15.1 Å². The van der Waals surface area contributed by atoms with Crippen LogP contribution < -0.4 is 16.2 Å². The Morgan fingerprint density at radius 1 is 1.03 bits per heavy atom. The van der Waals surface area contributed by atoms with Crippen LogP contribution in [0.1, 0.15) is 33.0 Å². The zero-order valence-electron chi connectivity index (χ0n) is 20.1. The first-order chi connectivity index (χ1) is 18.7. The number of rotatable bonds is 8. The van der Waals surface area contributed by atoms with Crippen molar-refractivity contribution >= 4 is 63.7 Å². The fourth-order valence-electron chi connectivity index (χ4n) is 3.72. The zero-order valence-corrected chi connectivity index (χ0v) is 22.3. The Kier molecular flexibility index (Phi) is 8.46. The zero-order chi connectivity index (χ0) is 28.1. The van der Waals surface area contributed by atoms with Gasteiger partial charge in [0, 0.05) is 26.3 Å². The van der Waals surface area contributed by atoms with Gasteiger partial charge in [0.2, 0.25) is 11.6 Å². The molecule has 3 N–H and O–H groups in total. The molecule has 196 valence electrons. The second kappa shape index (κ2) is 12.0. The SMILES string of the molecule is Cc1cc(C(C#N)c2ccc(Cl)cc2)c(Cl)cc1Nc1ncnc(NNC(=O)c2cccc(Cl)c2)c1[N+](=O)[O-]. The Bertz CT molecular complexity index is 1610. The Morgan fingerprint density at radius 3 is 2.41 bits per heavy atom.